The lowest BCUT2D eigenvalue weighted by Crippen LogP contribution is -2.36. The molecule has 0 bridgehead atoms. The Hall–Kier alpha value is -1.89. The largest absolute Gasteiger partial charge is 0.480 e. The molecule has 2 heterocycles. The highest BCUT2D eigenvalue weighted by molar-refractivity contribution is 5.78. The topological polar surface area (TPSA) is 84.8 Å². The Kier molecular flexibility index (Phi) is 4.16. The number of carboxylic acids is 1. The number of carboxylic acid groups (broad SMARTS) is 1. The zero-order chi connectivity index (χ0) is 13.8. The molecule has 19 heavy (non-hydrogen) atoms. The van der Waals surface area contributed by atoms with E-state index in [9.17, 15) is 9.90 Å². The average molecular weight is 267 g/mol. The van der Waals surface area contributed by atoms with E-state index in [1.54, 1.807) is 18.1 Å². The summed E-state index contributed by atoms with van der Waals surface area (Å²) in [6, 6.07) is 1.02. The van der Waals surface area contributed by atoms with Crippen molar-refractivity contribution < 1.29 is 19.4 Å². The molecule has 0 aromatic carbocycles. The Morgan fingerprint density at radius 3 is 3.00 bits per heavy atom. The van der Waals surface area contributed by atoms with E-state index >= 15 is 0 Å². The Labute approximate surface area is 111 Å². The highest BCUT2D eigenvalue weighted by Crippen LogP contribution is 2.27. The second kappa shape index (κ2) is 5.83. The number of aromatic nitrogens is 2. The molecule has 104 valence electrons. The fraction of sp³-hybridized carbons (Fsp3) is 0.583. The van der Waals surface area contributed by atoms with Crippen LogP contribution in [0, 0.1) is 0 Å². The number of rotatable bonds is 5. The zero-order valence-electron chi connectivity index (χ0n) is 10.9. The van der Waals surface area contributed by atoms with Gasteiger partial charge < -0.3 is 19.5 Å². The van der Waals surface area contributed by atoms with Crippen molar-refractivity contribution in [1.29, 1.82) is 0 Å². The molecule has 0 radical (unpaired) electrons. The monoisotopic (exact) mass is 267 g/mol. The quantitative estimate of drug-likeness (QED) is 0.834. The highest BCUT2D eigenvalue weighted by atomic mass is 16.5. The minimum absolute atomic E-state index is 0.105. The first-order valence-electron chi connectivity index (χ1n) is 6.12. The van der Waals surface area contributed by atoms with Gasteiger partial charge in [-0.2, -0.15) is 0 Å². The number of hydrogen-bond donors (Lipinski definition) is 1. The van der Waals surface area contributed by atoms with Crippen molar-refractivity contribution in [2.24, 2.45) is 0 Å². The molecule has 7 heteroatoms. The molecule has 1 aliphatic heterocycles. The summed E-state index contributed by atoms with van der Waals surface area (Å²) >= 11 is 0. The summed E-state index contributed by atoms with van der Waals surface area (Å²) in [5, 5.41) is 9.26. The molecule has 2 atom stereocenters. The van der Waals surface area contributed by atoms with Crippen molar-refractivity contribution in [3.63, 3.8) is 0 Å². The van der Waals surface area contributed by atoms with E-state index in [0.717, 1.165) is 0 Å². The van der Waals surface area contributed by atoms with Crippen molar-refractivity contribution in [1.82, 2.24) is 9.97 Å². The van der Waals surface area contributed by atoms with Crippen molar-refractivity contribution in [3.8, 4) is 5.88 Å². The third-order valence-electron chi connectivity index (χ3n) is 3.10. The van der Waals surface area contributed by atoms with Gasteiger partial charge in [-0.15, -0.1) is 0 Å². The maximum absolute atomic E-state index is 11.3. The Balaban J connectivity index is 2.23. The fourth-order valence-electron chi connectivity index (χ4n) is 2.17. The summed E-state index contributed by atoms with van der Waals surface area (Å²) in [6.07, 6.45) is 1.71. The van der Waals surface area contributed by atoms with Gasteiger partial charge in [-0.3, -0.25) is 0 Å². The van der Waals surface area contributed by atoms with Gasteiger partial charge in [0.2, 0.25) is 5.88 Å². The van der Waals surface area contributed by atoms with Crippen LogP contribution in [0.5, 0.6) is 5.88 Å². The minimum Gasteiger partial charge on any atom is -0.480 e. The first-order valence-corrected chi connectivity index (χ1v) is 6.12. The fourth-order valence-corrected chi connectivity index (χ4v) is 2.17. The van der Waals surface area contributed by atoms with Crippen molar-refractivity contribution >= 4 is 11.8 Å². The van der Waals surface area contributed by atoms with E-state index in [1.165, 1.54) is 6.33 Å². The smallest absolute Gasteiger partial charge is 0.326 e. The summed E-state index contributed by atoms with van der Waals surface area (Å²) in [5.41, 5.74) is 0. The second-order valence-electron chi connectivity index (χ2n) is 4.25. The van der Waals surface area contributed by atoms with Gasteiger partial charge in [0, 0.05) is 26.1 Å². The zero-order valence-corrected chi connectivity index (χ0v) is 10.9. The molecule has 2 unspecified atom stereocenters. The standard InChI is InChI=1S/C12H17N3O4/c1-3-19-11-5-10(13-7-14-11)15-6-8(18-2)4-9(15)12(16)17/h5,7-9H,3-4,6H2,1-2H3,(H,16,17). The van der Waals surface area contributed by atoms with E-state index in [1.807, 2.05) is 6.92 Å². The van der Waals surface area contributed by atoms with Crippen LogP contribution >= 0.6 is 0 Å². The van der Waals surface area contributed by atoms with E-state index in [4.69, 9.17) is 9.47 Å². The van der Waals surface area contributed by atoms with Crippen LogP contribution in [0.3, 0.4) is 0 Å². The maximum atomic E-state index is 11.3. The molecule has 1 aliphatic rings. The molecule has 1 aromatic rings. The van der Waals surface area contributed by atoms with Crippen molar-refractivity contribution in [3.05, 3.63) is 12.4 Å². The summed E-state index contributed by atoms with van der Waals surface area (Å²) < 4.78 is 10.5. The highest BCUT2D eigenvalue weighted by Gasteiger charge is 2.37. The number of ether oxygens (including phenoxy) is 2. The molecule has 1 N–H and O–H groups in total. The molecule has 0 aliphatic carbocycles. The number of carbonyl (C=O) groups is 1. The van der Waals surface area contributed by atoms with Gasteiger partial charge in [0.15, 0.2) is 0 Å². The molecular formula is C12H17N3O4. The van der Waals surface area contributed by atoms with Gasteiger partial charge in [-0.1, -0.05) is 0 Å². The Morgan fingerprint density at radius 2 is 2.37 bits per heavy atom. The van der Waals surface area contributed by atoms with Crippen LogP contribution < -0.4 is 9.64 Å². The molecule has 1 fully saturated rings. The predicted octanol–water partition coefficient (Wildman–Crippen LogP) is 0.554. The summed E-state index contributed by atoms with van der Waals surface area (Å²) in [5.74, 6) is 0.110. The van der Waals surface area contributed by atoms with Crippen molar-refractivity contribution in [2.75, 3.05) is 25.2 Å². The van der Waals surface area contributed by atoms with Gasteiger partial charge in [-0.25, -0.2) is 14.8 Å². The summed E-state index contributed by atoms with van der Waals surface area (Å²) in [6.45, 7) is 2.86. The van der Waals surface area contributed by atoms with Crippen LogP contribution in [0.4, 0.5) is 5.82 Å². The second-order valence-corrected chi connectivity index (χ2v) is 4.25. The number of nitrogens with zero attached hydrogens (tertiary/aromatic N) is 3. The normalized spacial score (nSPS) is 22.5. The van der Waals surface area contributed by atoms with Crippen LogP contribution in [0.25, 0.3) is 0 Å². The molecule has 0 saturated carbocycles. The van der Waals surface area contributed by atoms with E-state index in [-0.39, 0.29) is 6.10 Å². The summed E-state index contributed by atoms with van der Waals surface area (Å²) in [4.78, 5) is 21.1. The SMILES string of the molecule is CCOc1cc(N2CC(OC)CC2C(=O)O)ncn1. The Morgan fingerprint density at radius 1 is 1.58 bits per heavy atom. The lowest BCUT2D eigenvalue weighted by molar-refractivity contribution is -0.138. The van der Waals surface area contributed by atoms with Crippen LogP contribution in [0.1, 0.15) is 13.3 Å². The number of anilines is 1. The molecular weight excluding hydrogens is 250 g/mol. The van der Waals surface area contributed by atoms with E-state index in [2.05, 4.69) is 9.97 Å². The maximum Gasteiger partial charge on any atom is 0.326 e. The van der Waals surface area contributed by atoms with Gasteiger partial charge in [0.25, 0.3) is 0 Å². The van der Waals surface area contributed by atoms with Crippen LogP contribution in [0.15, 0.2) is 12.4 Å². The average Bonchev–Trinajstić information content (AvgIpc) is 2.84. The lowest BCUT2D eigenvalue weighted by atomic mass is 10.2. The summed E-state index contributed by atoms with van der Waals surface area (Å²) in [7, 11) is 1.58. The number of methoxy groups -OCH3 is 1. The number of hydrogen-bond acceptors (Lipinski definition) is 6. The van der Waals surface area contributed by atoms with Gasteiger partial charge >= 0.3 is 5.97 Å². The minimum atomic E-state index is -0.879. The number of aliphatic carboxylic acids is 1. The Bertz CT molecular complexity index is 454. The van der Waals surface area contributed by atoms with Crippen LogP contribution in [0.2, 0.25) is 0 Å². The molecule has 1 saturated heterocycles. The van der Waals surface area contributed by atoms with Crippen LogP contribution in [-0.2, 0) is 9.53 Å². The molecule has 0 spiro atoms. The van der Waals surface area contributed by atoms with Crippen LogP contribution in [-0.4, -0.2) is 53.5 Å². The van der Waals surface area contributed by atoms with Crippen molar-refractivity contribution in [2.45, 2.75) is 25.5 Å². The first kappa shape index (κ1) is 13.5. The van der Waals surface area contributed by atoms with Gasteiger partial charge in [0.1, 0.15) is 18.2 Å². The van der Waals surface area contributed by atoms with E-state index < -0.39 is 12.0 Å². The predicted molar refractivity (Wildman–Crippen MR) is 67.4 cm³/mol. The molecule has 1 aromatic heterocycles. The first-order chi connectivity index (χ1) is 9.15. The third-order valence-corrected chi connectivity index (χ3v) is 3.10. The molecule has 7 nitrogen and oxygen atoms in total. The van der Waals surface area contributed by atoms with E-state index in [0.29, 0.717) is 31.3 Å². The molecule has 0 amide bonds. The lowest BCUT2D eigenvalue weighted by Gasteiger charge is -2.22. The van der Waals surface area contributed by atoms with Gasteiger partial charge in [0.05, 0.1) is 12.7 Å². The molecule has 2 rings (SSSR count). The third kappa shape index (κ3) is 2.93. The van der Waals surface area contributed by atoms with Gasteiger partial charge in [-0.05, 0) is 6.92 Å².